The fourth-order valence-electron chi connectivity index (χ4n) is 2.97. The van der Waals surface area contributed by atoms with Crippen LogP contribution in [0.1, 0.15) is 20.7 Å². The summed E-state index contributed by atoms with van der Waals surface area (Å²) in [5.74, 6) is -1.45. The Morgan fingerprint density at radius 2 is 1.34 bits per heavy atom. The highest BCUT2D eigenvalue weighted by atomic mass is 16.4. The third kappa shape index (κ3) is 3.61. The molecule has 0 unspecified atom stereocenters. The number of benzene rings is 2. The zero-order chi connectivity index (χ0) is 20.4. The first-order valence-electron chi connectivity index (χ1n) is 8.72. The molecule has 0 atom stereocenters. The Labute approximate surface area is 165 Å². The summed E-state index contributed by atoms with van der Waals surface area (Å²) in [7, 11) is 0. The first kappa shape index (κ1) is 18.1. The second-order valence-electron chi connectivity index (χ2n) is 6.29. The molecule has 0 radical (unpaired) electrons. The van der Waals surface area contributed by atoms with Crippen molar-refractivity contribution in [2.45, 2.75) is 0 Å². The summed E-state index contributed by atoms with van der Waals surface area (Å²) in [6.07, 6.45) is 1.67. The lowest BCUT2D eigenvalue weighted by atomic mass is 10.0. The summed E-state index contributed by atoms with van der Waals surface area (Å²) in [4.78, 5) is 34.5. The predicted octanol–water partition coefficient (Wildman–Crippen LogP) is 4.20. The maximum absolute atomic E-state index is 11.1. The molecule has 29 heavy (non-hydrogen) atoms. The van der Waals surface area contributed by atoms with Gasteiger partial charge in [-0.25, -0.2) is 14.6 Å². The molecule has 0 amide bonds. The van der Waals surface area contributed by atoms with Gasteiger partial charge in [0.2, 0.25) is 0 Å². The van der Waals surface area contributed by atoms with Crippen LogP contribution >= 0.6 is 0 Å². The van der Waals surface area contributed by atoms with Gasteiger partial charge in [-0.1, -0.05) is 30.3 Å². The SMILES string of the molecule is O=C(O)c1ccc(-c2nc(-c3ccccn3)[nH]c2-c2ccc(C(=O)O)cc2)cc1. The van der Waals surface area contributed by atoms with E-state index in [-0.39, 0.29) is 11.1 Å². The quantitative estimate of drug-likeness (QED) is 0.474. The van der Waals surface area contributed by atoms with E-state index in [1.807, 2.05) is 18.2 Å². The van der Waals surface area contributed by atoms with Gasteiger partial charge < -0.3 is 15.2 Å². The first-order valence-corrected chi connectivity index (χ1v) is 8.72. The van der Waals surface area contributed by atoms with E-state index in [0.717, 1.165) is 11.1 Å². The van der Waals surface area contributed by atoms with Crippen LogP contribution in [0.3, 0.4) is 0 Å². The summed E-state index contributed by atoms with van der Waals surface area (Å²) in [6, 6.07) is 18.4. The number of imidazole rings is 1. The van der Waals surface area contributed by atoms with E-state index in [2.05, 4.69) is 15.0 Å². The van der Waals surface area contributed by atoms with Crippen LogP contribution in [0.15, 0.2) is 72.9 Å². The average Bonchev–Trinajstić information content (AvgIpc) is 3.20. The Bertz CT molecular complexity index is 1110. The van der Waals surface area contributed by atoms with Gasteiger partial charge in [-0.3, -0.25) is 4.98 Å². The van der Waals surface area contributed by atoms with Crippen LogP contribution in [0, 0.1) is 0 Å². The van der Waals surface area contributed by atoms with Gasteiger partial charge in [0.05, 0.1) is 22.5 Å². The van der Waals surface area contributed by atoms with Gasteiger partial charge in [-0.15, -0.1) is 0 Å². The molecule has 0 bridgehead atoms. The van der Waals surface area contributed by atoms with Crippen LogP contribution in [-0.4, -0.2) is 37.1 Å². The van der Waals surface area contributed by atoms with E-state index in [9.17, 15) is 9.59 Å². The third-order valence-corrected chi connectivity index (χ3v) is 4.44. The summed E-state index contributed by atoms with van der Waals surface area (Å²) < 4.78 is 0. The van der Waals surface area contributed by atoms with Crippen molar-refractivity contribution >= 4 is 11.9 Å². The molecule has 0 spiro atoms. The number of aromatic nitrogens is 3. The van der Waals surface area contributed by atoms with Crippen molar-refractivity contribution in [2.75, 3.05) is 0 Å². The molecule has 2 aromatic heterocycles. The number of aromatic carboxylic acids is 2. The van der Waals surface area contributed by atoms with E-state index in [4.69, 9.17) is 10.2 Å². The highest BCUT2D eigenvalue weighted by Crippen LogP contribution is 2.33. The van der Waals surface area contributed by atoms with Crippen LogP contribution < -0.4 is 0 Å². The normalized spacial score (nSPS) is 10.6. The van der Waals surface area contributed by atoms with Crippen LogP contribution in [0.25, 0.3) is 34.0 Å². The van der Waals surface area contributed by atoms with Gasteiger partial charge in [0, 0.05) is 17.3 Å². The van der Waals surface area contributed by atoms with Crippen molar-refractivity contribution in [2.24, 2.45) is 0 Å². The minimum atomic E-state index is -1.00. The molecule has 7 heteroatoms. The minimum Gasteiger partial charge on any atom is -0.478 e. The number of nitrogens with one attached hydrogen (secondary N) is 1. The zero-order valence-corrected chi connectivity index (χ0v) is 15.0. The lowest BCUT2D eigenvalue weighted by Crippen LogP contribution is -1.96. The largest absolute Gasteiger partial charge is 0.478 e. The number of H-pyrrole nitrogens is 1. The topological polar surface area (TPSA) is 116 Å². The number of rotatable bonds is 5. The van der Waals surface area contributed by atoms with Crippen molar-refractivity contribution < 1.29 is 19.8 Å². The number of aromatic amines is 1. The zero-order valence-electron chi connectivity index (χ0n) is 15.0. The number of carbonyl (C=O) groups is 2. The Morgan fingerprint density at radius 3 is 1.86 bits per heavy atom. The molecule has 0 aliphatic heterocycles. The molecule has 3 N–H and O–H groups in total. The minimum absolute atomic E-state index is 0.182. The predicted molar refractivity (Wildman–Crippen MR) is 107 cm³/mol. The van der Waals surface area contributed by atoms with E-state index in [0.29, 0.717) is 22.9 Å². The standard InChI is InChI=1S/C22H15N3O4/c26-21(27)15-8-4-13(5-9-15)18-19(14-6-10-16(11-7-14)22(28)29)25-20(24-18)17-3-1-2-12-23-17/h1-12H,(H,24,25)(H,26,27)(H,28,29). The van der Waals surface area contributed by atoms with Crippen molar-refractivity contribution in [3.63, 3.8) is 0 Å². The number of pyridine rings is 1. The van der Waals surface area contributed by atoms with Crippen LogP contribution in [-0.2, 0) is 0 Å². The van der Waals surface area contributed by atoms with Crippen LogP contribution in [0.2, 0.25) is 0 Å². The monoisotopic (exact) mass is 385 g/mol. The van der Waals surface area contributed by atoms with Gasteiger partial charge in [0.15, 0.2) is 5.82 Å². The Morgan fingerprint density at radius 1 is 0.759 bits per heavy atom. The van der Waals surface area contributed by atoms with Crippen LogP contribution in [0.5, 0.6) is 0 Å². The van der Waals surface area contributed by atoms with Gasteiger partial charge >= 0.3 is 11.9 Å². The first-order chi connectivity index (χ1) is 14.0. The Hall–Kier alpha value is -4.26. The molecule has 2 aromatic carbocycles. The average molecular weight is 385 g/mol. The van der Waals surface area contributed by atoms with E-state index in [1.165, 1.54) is 24.3 Å². The summed E-state index contributed by atoms with van der Waals surface area (Å²) >= 11 is 0. The number of hydrogen-bond donors (Lipinski definition) is 3. The maximum Gasteiger partial charge on any atom is 0.335 e. The fraction of sp³-hybridized carbons (Fsp3) is 0. The highest BCUT2D eigenvalue weighted by molar-refractivity contribution is 5.90. The second-order valence-corrected chi connectivity index (χ2v) is 6.29. The molecule has 4 rings (SSSR count). The molecule has 0 aliphatic rings. The number of nitrogens with zero attached hydrogens (tertiary/aromatic N) is 2. The number of carboxylic acid groups (broad SMARTS) is 2. The summed E-state index contributed by atoms with van der Waals surface area (Å²) in [5, 5.41) is 18.3. The molecule has 0 saturated carbocycles. The van der Waals surface area contributed by atoms with E-state index < -0.39 is 11.9 Å². The smallest absolute Gasteiger partial charge is 0.335 e. The lowest BCUT2D eigenvalue weighted by Gasteiger charge is -2.04. The van der Waals surface area contributed by atoms with Crippen molar-refractivity contribution in [1.29, 1.82) is 0 Å². The van der Waals surface area contributed by atoms with Crippen molar-refractivity contribution in [3.8, 4) is 34.0 Å². The highest BCUT2D eigenvalue weighted by Gasteiger charge is 2.17. The second kappa shape index (κ2) is 7.40. The molecule has 2 heterocycles. The van der Waals surface area contributed by atoms with Gasteiger partial charge in [0.25, 0.3) is 0 Å². The lowest BCUT2D eigenvalue weighted by molar-refractivity contribution is 0.0686. The number of carboxylic acids is 2. The maximum atomic E-state index is 11.1. The van der Waals surface area contributed by atoms with Crippen LogP contribution in [0.4, 0.5) is 0 Å². The summed E-state index contributed by atoms with van der Waals surface area (Å²) in [6.45, 7) is 0. The number of hydrogen-bond acceptors (Lipinski definition) is 4. The molecular formula is C22H15N3O4. The van der Waals surface area contributed by atoms with Crippen molar-refractivity contribution in [1.82, 2.24) is 15.0 Å². The van der Waals surface area contributed by atoms with Gasteiger partial charge in [0.1, 0.15) is 5.69 Å². The van der Waals surface area contributed by atoms with Gasteiger partial charge in [-0.2, -0.15) is 0 Å². The summed E-state index contributed by atoms with van der Waals surface area (Å²) in [5.41, 5.74) is 3.81. The molecule has 0 fully saturated rings. The van der Waals surface area contributed by atoms with Gasteiger partial charge in [-0.05, 0) is 36.4 Å². The molecule has 0 saturated heterocycles. The van der Waals surface area contributed by atoms with E-state index >= 15 is 0 Å². The molecule has 142 valence electrons. The molecule has 7 nitrogen and oxygen atoms in total. The fourth-order valence-corrected chi connectivity index (χ4v) is 2.97. The molecule has 0 aliphatic carbocycles. The Balaban J connectivity index is 1.85. The third-order valence-electron chi connectivity index (χ3n) is 4.44. The Kier molecular flexibility index (Phi) is 4.62. The molecule has 4 aromatic rings. The van der Waals surface area contributed by atoms with Crippen molar-refractivity contribution in [3.05, 3.63) is 84.1 Å². The van der Waals surface area contributed by atoms with E-state index in [1.54, 1.807) is 30.5 Å². The molecular weight excluding hydrogens is 370 g/mol.